The molecule has 4 aromatic heterocycles. The fourth-order valence-electron chi connectivity index (χ4n) is 7.33. The number of aromatic nitrogens is 4. The number of carboxylic acids is 1. The molecule has 0 unspecified atom stereocenters. The summed E-state index contributed by atoms with van der Waals surface area (Å²) >= 11 is 3.04. The SMILES string of the molecule is NC(=O)c1cc(CC(=O)[C@H](Cc2ccccc2)NCc2cscn2)cc(-c2ccncc2)c1.O=C(O)c1cc(CC(=O)[C@H](Cc2ccccc2)NCc2cscn2)cc(-c2ccncc2)c1. The lowest BCUT2D eigenvalue weighted by Crippen LogP contribution is -2.39. The number of aromatic carboxylic acids is 1. The highest BCUT2D eigenvalue weighted by atomic mass is 32.1. The third-order valence-electron chi connectivity index (χ3n) is 10.7. The van der Waals surface area contributed by atoms with Gasteiger partial charge in [-0.3, -0.25) is 24.4 Å². The summed E-state index contributed by atoms with van der Waals surface area (Å²) in [5.41, 5.74) is 18.3. The molecule has 0 aliphatic heterocycles. The molecule has 2 atom stereocenters. The van der Waals surface area contributed by atoms with Crippen LogP contribution >= 0.6 is 22.7 Å². The number of benzene rings is 4. The van der Waals surface area contributed by atoms with Gasteiger partial charge >= 0.3 is 5.97 Å². The van der Waals surface area contributed by atoms with Crippen molar-refractivity contribution >= 4 is 46.1 Å². The van der Waals surface area contributed by atoms with E-state index in [-0.39, 0.29) is 30.0 Å². The van der Waals surface area contributed by atoms with Crippen molar-refractivity contribution in [2.75, 3.05) is 0 Å². The number of nitrogens with zero attached hydrogens (tertiary/aromatic N) is 4. The molecule has 4 heterocycles. The molecule has 0 bridgehead atoms. The molecule has 332 valence electrons. The van der Waals surface area contributed by atoms with Crippen LogP contribution in [0, 0.1) is 0 Å². The molecule has 0 saturated heterocycles. The minimum atomic E-state index is -1.03. The fraction of sp³-hybridized carbons (Fsp3) is 0.154. The van der Waals surface area contributed by atoms with Crippen molar-refractivity contribution in [1.82, 2.24) is 30.6 Å². The van der Waals surface area contributed by atoms with Crippen molar-refractivity contribution in [1.29, 1.82) is 0 Å². The lowest BCUT2D eigenvalue weighted by atomic mass is 9.94. The fourth-order valence-corrected chi connectivity index (χ4v) is 8.45. The molecule has 1 amide bonds. The number of nitrogens with one attached hydrogen (secondary N) is 2. The van der Waals surface area contributed by atoms with Crippen molar-refractivity contribution in [3.05, 3.63) is 213 Å². The van der Waals surface area contributed by atoms with Crippen molar-refractivity contribution in [2.45, 2.75) is 50.9 Å². The Labute approximate surface area is 390 Å². The van der Waals surface area contributed by atoms with Crippen LogP contribution in [0.1, 0.15) is 54.4 Å². The van der Waals surface area contributed by atoms with Gasteiger partial charge in [0.2, 0.25) is 5.91 Å². The highest BCUT2D eigenvalue weighted by Crippen LogP contribution is 2.25. The number of nitrogens with two attached hydrogens (primary N) is 1. The van der Waals surface area contributed by atoms with E-state index >= 15 is 0 Å². The molecule has 0 radical (unpaired) electrons. The van der Waals surface area contributed by atoms with Gasteiger partial charge in [0.25, 0.3) is 0 Å². The minimum absolute atomic E-state index is 0.00250. The summed E-state index contributed by atoms with van der Waals surface area (Å²) in [5.74, 6) is -1.52. The molecule has 0 fully saturated rings. The Hall–Kier alpha value is -7.36. The Bertz CT molecular complexity index is 2620. The van der Waals surface area contributed by atoms with Crippen LogP contribution in [0.25, 0.3) is 22.3 Å². The molecule has 4 aromatic carbocycles. The van der Waals surface area contributed by atoms with Gasteiger partial charge in [-0.15, -0.1) is 22.7 Å². The number of amides is 1. The van der Waals surface area contributed by atoms with Gasteiger partial charge in [0.15, 0.2) is 11.6 Å². The van der Waals surface area contributed by atoms with E-state index in [4.69, 9.17) is 5.73 Å². The lowest BCUT2D eigenvalue weighted by molar-refractivity contribution is -0.121. The maximum absolute atomic E-state index is 13.4. The molecule has 0 aliphatic rings. The van der Waals surface area contributed by atoms with Crippen molar-refractivity contribution in [3.8, 4) is 22.3 Å². The molecule has 8 aromatic rings. The third-order valence-corrected chi connectivity index (χ3v) is 11.9. The Morgan fingerprint density at radius 3 is 1.35 bits per heavy atom. The second-order valence-electron chi connectivity index (χ2n) is 15.5. The zero-order valence-corrected chi connectivity index (χ0v) is 37.5. The van der Waals surface area contributed by atoms with E-state index in [2.05, 4.69) is 30.6 Å². The molecule has 12 nitrogen and oxygen atoms in total. The van der Waals surface area contributed by atoms with Crippen molar-refractivity contribution < 1.29 is 24.3 Å². The number of ketones is 2. The van der Waals surface area contributed by atoms with Gasteiger partial charge in [-0.2, -0.15) is 0 Å². The van der Waals surface area contributed by atoms with Crippen LogP contribution < -0.4 is 16.4 Å². The summed E-state index contributed by atoms with van der Waals surface area (Å²) in [5, 5.41) is 20.2. The summed E-state index contributed by atoms with van der Waals surface area (Å²) < 4.78 is 0. The lowest BCUT2D eigenvalue weighted by Gasteiger charge is -2.18. The van der Waals surface area contributed by atoms with Gasteiger partial charge in [-0.1, -0.05) is 72.8 Å². The van der Waals surface area contributed by atoms with E-state index in [1.807, 2.05) is 108 Å². The maximum atomic E-state index is 13.4. The number of primary amides is 1. The van der Waals surface area contributed by atoms with Crippen LogP contribution in [0.5, 0.6) is 0 Å². The van der Waals surface area contributed by atoms with Crippen LogP contribution in [0.3, 0.4) is 0 Å². The van der Waals surface area contributed by atoms with Crippen LogP contribution in [-0.2, 0) is 48.4 Å². The number of carbonyl (C=O) groups is 4. The first kappa shape index (κ1) is 46.6. The van der Waals surface area contributed by atoms with E-state index in [9.17, 15) is 24.3 Å². The summed E-state index contributed by atoms with van der Waals surface area (Å²) in [6.07, 6.45) is 8.11. The number of carbonyl (C=O) groups excluding carboxylic acids is 3. The standard InChI is InChI=1S/C26H24N4O2S.C26H23N3O3S/c27-26(32)22-11-19(10-21(14-22)20-6-8-28-9-7-20)13-25(31)24(12-18-4-2-1-3-5-18)29-15-23-16-33-17-30-23;30-25(24(12-18-4-2-1-3-5-18)28-15-23-16-33-17-29-23)13-19-10-21(14-22(11-19)26(31)32)20-6-8-27-9-7-20/h1-11,14,16-17,24,29H,12-13,15H2,(H2,27,32);1-11,14,16-17,24,28H,12-13,15H2,(H,31,32)/t2*24-/m00/s1. The largest absolute Gasteiger partial charge is 0.478 e. The predicted octanol–water partition coefficient (Wildman–Crippen LogP) is 8.23. The summed E-state index contributed by atoms with van der Waals surface area (Å²) in [6, 6.07) is 36.7. The third kappa shape index (κ3) is 13.8. The first-order chi connectivity index (χ1) is 32.2. The molecule has 8 rings (SSSR count). The number of Topliss-reactive ketones (excluding diaryl/α,β-unsaturated/α-hetero) is 2. The average Bonchev–Trinajstić information content (AvgIpc) is 4.08. The van der Waals surface area contributed by atoms with Crippen molar-refractivity contribution in [2.24, 2.45) is 5.73 Å². The van der Waals surface area contributed by atoms with Crippen LogP contribution in [0.4, 0.5) is 0 Å². The first-order valence-corrected chi connectivity index (χ1v) is 23.0. The van der Waals surface area contributed by atoms with Crippen LogP contribution in [0.2, 0.25) is 0 Å². The Balaban J connectivity index is 0.000000196. The number of hydrogen-bond donors (Lipinski definition) is 4. The zero-order chi connectivity index (χ0) is 46.1. The summed E-state index contributed by atoms with van der Waals surface area (Å²) in [6.45, 7) is 1.00. The highest BCUT2D eigenvalue weighted by Gasteiger charge is 2.22. The van der Waals surface area contributed by atoms with E-state index in [1.165, 1.54) is 22.7 Å². The second kappa shape index (κ2) is 23.5. The predicted molar refractivity (Wildman–Crippen MR) is 258 cm³/mol. The molecule has 0 aliphatic carbocycles. The Morgan fingerprint density at radius 2 is 0.955 bits per heavy atom. The van der Waals surface area contributed by atoms with Gasteiger partial charge in [-0.25, -0.2) is 14.8 Å². The highest BCUT2D eigenvalue weighted by molar-refractivity contribution is 7.07. The monoisotopic (exact) mass is 913 g/mol. The molecule has 14 heteroatoms. The van der Waals surface area contributed by atoms with Gasteiger partial charge in [-0.05, 0) is 106 Å². The van der Waals surface area contributed by atoms with Crippen LogP contribution in [0.15, 0.2) is 168 Å². The van der Waals surface area contributed by atoms with E-state index in [1.54, 1.807) is 60.1 Å². The normalized spacial score (nSPS) is 11.8. The van der Waals surface area contributed by atoms with E-state index in [0.717, 1.165) is 50.3 Å². The number of carboxylic acid groups (broad SMARTS) is 1. The van der Waals surface area contributed by atoms with Crippen LogP contribution in [-0.4, -0.2) is 60.6 Å². The number of rotatable bonds is 20. The van der Waals surface area contributed by atoms with Gasteiger partial charge in [0, 0.05) is 67.0 Å². The summed E-state index contributed by atoms with van der Waals surface area (Å²) in [7, 11) is 0. The van der Waals surface area contributed by atoms with Gasteiger partial charge < -0.3 is 21.5 Å². The molecular formula is C52H47N7O5S2. The molecule has 0 saturated carbocycles. The molecular weight excluding hydrogens is 867 g/mol. The quantitative estimate of drug-likeness (QED) is 0.0576. The Morgan fingerprint density at radius 1 is 0.530 bits per heavy atom. The number of thiazole rings is 2. The van der Waals surface area contributed by atoms with Crippen molar-refractivity contribution in [3.63, 3.8) is 0 Å². The van der Waals surface area contributed by atoms with E-state index in [0.29, 0.717) is 37.1 Å². The first-order valence-electron chi connectivity index (χ1n) is 21.1. The second-order valence-corrected chi connectivity index (χ2v) is 16.9. The van der Waals surface area contributed by atoms with E-state index < -0.39 is 24.0 Å². The Kier molecular flexibility index (Phi) is 16.6. The zero-order valence-electron chi connectivity index (χ0n) is 35.8. The smallest absolute Gasteiger partial charge is 0.335 e. The topological polar surface area (TPSA) is 190 Å². The molecule has 5 N–H and O–H groups in total. The molecule has 0 spiro atoms. The number of hydrogen-bond acceptors (Lipinski definition) is 12. The van der Waals surface area contributed by atoms with Gasteiger partial charge in [0.1, 0.15) is 0 Å². The number of pyridine rings is 2. The summed E-state index contributed by atoms with van der Waals surface area (Å²) in [4.78, 5) is 67.1. The molecule has 66 heavy (non-hydrogen) atoms. The van der Waals surface area contributed by atoms with Gasteiger partial charge in [0.05, 0.1) is 40.1 Å². The maximum Gasteiger partial charge on any atom is 0.335 e. The average molecular weight is 914 g/mol. The minimum Gasteiger partial charge on any atom is -0.478 e.